The van der Waals surface area contributed by atoms with Crippen LogP contribution in [0.2, 0.25) is 0 Å². The van der Waals surface area contributed by atoms with Gasteiger partial charge in [-0.3, -0.25) is 14.5 Å². The van der Waals surface area contributed by atoms with Gasteiger partial charge in [-0.15, -0.1) is 11.3 Å². The second-order valence-electron chi connectivity index (χ2n) is 3.08. The van der Waals surface area contributed by atoms with Gasteiger partial charge in [0.1, 0.15) is 4.83 Å². The predicted octanol–water partition coefficient (Wildman–Crippen LogP) is 2.21. The third kappa shape index (κ3) is 1.87. The minimum absolute atomic E-state index is 0.123. The van der Waals surface area contributed by atoms with Gasteiger partial charge in [-0.1, -0.05) is 0 Å². The summed E-state index contributed by atoms with van der Waals surface area (Å²) in [6.07, 6.45) is -1.89. The van der Waals surface area contributed by atoms with Crippen molar-refractivity contribution in [3.8, 4) is 0 Å². The summed E-state index contributed by atoms with van der Waals surface area (Å²) in [7, 11) is 0. The van der Waals surface area contributed by atoms with E-state index in [2.05, 4.69) is 4.98 Å². The number of rotatable bonds is 1. The number of halogens is 3. The first-order chi connectivity index (χ1) is 7.38. The highest BCUT2D eigenvalue weighted by Gasteiger charge is 2.39. The Balaban J connectivity index is 2.31. The van der Waals surface area contributed by atoms with Crippen molar-refractivity contribution in [2.45, 2.75) is 13.1 Å². The van der Waals surface area contributed by atoms with Crippen LogP contribution in [0.4, 0.5) is 19.1 Å². The summed E-state index contributed by atoms with van der Waals surface area (Å²) in [5, 5.41) is 1.71. The van der Waals surface area contributed by atoms with E-state index < -0.39 is 12.1 Å². The molecule has 0 atom stereocenters. The van der Waals surface area contributed by atoms with Gasteiger partial charge in [0.15, 0.2) is 0 Å². The number of aryl methyl sites for hydroxylation is 1. The van der Waals surface area contributed by atoms with E-state index in [-0.39, 0.29) is 5.95 Å². The number of alkyl halides is 3. The van der Waals surface area contributed by atoms with Gasteiger partial charge < -0.3 is 0 Å². The summed E-state index contributed by atoms with van der Waals surface area (Å²) in [6.45, 7) is 1.81. The van der Waals surface area contributed by atoms with Crippen LogP contribution in [0.1, 0.15) is 4.88 Å². The molecule has 16 heavy (non-hydrogen) atoms. The molecule has 0 unspecified atom stereocenters. The number of imidazole rings is 1. The van der Waals surface area contributed by atoms with Gasteiger partial charge in [0.25, 0.3) is 0 Å². The molecule has 2 heterocycles. The summed E-state index contributed by atoms with van der Waals surface area (Å²) < 4.78 is 37.4. The second-order valence-corrected chi connectivity index (χ2v) is 4.35. The third-order valence-electron chi connectivity index (χ3n) is 1.82. The fraction of sp³-hybridized carbons (Fsp3) is 0.250. The van der Waals surface area contributed by atoms with E-state index in [1.807, 2.05) is 6.92 Å². The Labute approximate surface area is 91.7 Å². The summed E-state index contributed by atoms with van der Waals surface area (Å²) in [6, 6.07) is 0. The van der Waals surface area contributed by atoms with Gasteiger partial charge in [0.2, 0.25) is 5.95 Å². The Morgan fingerprint density at radius 2 is 2.25 bits per heavy atom. The topological polar surface area (TPSA) is 46.4 Å². The number of aromatic nitrogens is 2. The standard InChI is InChI=1S/C8H6F3N3OS/c1-4-3-14-5(16-4)2-12-7(14)13-6(15)8(9,10)11/h2-3H,1H3,(H,12,13,15). The van der Waals surface area contributed by atoms with Crippen LogP contribution in [0.15, 0.2) is 12.4 Å². The Bertz CT molecular complexity index is 542. The van der Waals surface area contributed by atoms with E-state index >= 15 is 0 Å². The monoisotopic (exact) mass is 249 g/mol. The van der Waals surface area contributed by atoms with Crippen molar-refractivity contribution >= 4 is 28.0 Å². The van der Waals surface area contributed by atoms with Gasteiger partial charge in [-0.2, -0.15) is 13.2 Å². The first kappa shape index (κ1) is 10.9. The number of fused-ring (bicyclic) bond motifs is 1. The smallest absolute Gasteiger partial charge is 0.288 e. The SMILES string of the molecule is Cc1cn2c(NC(=O)C(F)(F)F)ncc2s1. The molecule has 0 spiro atoms. The van der Waals surface area contributed by atoms with E-state index in [0.717, 1.165) is 4.88 Å². The molecule has 0 fully saturated rings. The molecule has 2 aromatic rings. The number of thiazole rings is 1. The molecule has 0 bridgehead atoms. The van der Waals surface area contributed by atoms with Crippen LogP contribution >= 0.6 is 11.3 Å². The van der Waals surface area contributed by atoms with Crippen molar-refractivity contribution < 1.29 is 18.0 Å². The molecular formula is C8H6F3N3OS. The van der Waals surface area contributed by atoms with E-state index in [1.165, 1.54) is 21.9 Å². The fourth-order valence-electron chi connectivity index (χ4n) is 1.18. The van der Waals surface area contributed by atoms with Gasteiger partial charge in [-0.05, 0) is 6.92 Å². The maximum atomic E-state index is 12.0. The summed E-state index contributed by atoms with van der Waals surface area (Å²) in [5.41, 5.74) is 0. The molecule has 86 valence electrons. The first-order valence-corrected chi connectivity index (χ1v) is 5.01. The predicted molar refractivity (Wildman–Crippen MR) is 52.5 cm³/mol. The van der Waals surface area contributed by atoms with Crippen molar-refractivity contribution in [3.05, 3.63) is 17.3 Å². The number of carbonyl (C=O) groups is 1. The molecule has 0 aromatic carbocycles. The van der Waals surface area contributed by atoms with Crippen molar-refractivity contribution in [1.82, 2.24) is 9.38 Å². The van der Waals surface area contributed by atoms with Crippen molar-refractivity contribution in [1.29, 1.82) is 0 Å². The molecule has 0 aliphatic rings. The normalized spacial score (nSPS) is 12.0. The van der Waals surface area contributed by atoms with Crippen LogP contribution in [-0.2, 0) is 4.79 Å². The van der Waals surface area contributed by atoms with Crippen LogP contribution in [0, 0.1) is 6.92 Å². The highest BCUT2D eigenvalue weighted by atomic mass is 32.1. The Kier molecular flexibility index (Phi) is 2.38. The van der Waals surface area contributed by atoms with Gasteiger partial charge in [0.05, 0.1) is 6.20 Å². The first-order valence-electron chi connectivity index (χ1n) is 4.19. The number of nitrogens with one attached hydrogen (secondary N) is 1. The zero-order chi connectivity index (χ0) is 11.9. The third-order valence-corrected chi connectivity index (χ3v) is 2.76. The number of amides is 1. The minimum atomic E-state index is -4.91. The Morgan fingerprint density at radius 1 is 1.56 bits per heavy atom. The van der Waals surface area contributed by atoms with Crippen molar-refractivity contribution in [2.24, 2.45) is 0 Å². The van der Waals surface area contributed by atoms with Crippen LogP contribution in [0.5, 0.6) is 0 Å². The molecule has 0 saturated heterocycles. The highest BCUT2D eigenvalue weighted by Crippen LogP contribution is 2.22. The van der Waals surface area contributed by atoms with Crippen LogP contribution in [0.25, 0.3) is 4.83 Å². The number of hydrogen-bond donors (Lipinski definition) is 1. The lowest BCUT2D eigenvalue weighted by Gasteiger charge is -2.05. The molecular weight excluding hydrogens is 243 g/mol. The number of nitrogens with zero attached hydrogens (tertiary/aromatic N) is 2. The Hall–Kier alpha value is -1.57. The molecule has 1 amide bonds. The molecule has 1 N–H and O–H groups in total. The van der Waals surface area contributed by atoms with Crippen molar-refractivity contribution in [2.75, 3.05) is 5.32 Å². The lowest BCUT2D eigenvalue weighted by atomic mass is 10.6. The summed E-state index contributed by atoms with van der Waals surface area (Å²) >= 11 is 1.38. The van der Waals surface area contributed by atoms with Crippen LogP contribution in [-0.4, -0.2) is 21.5 Å². The lowest BCUT2D eigenvalue weighted by Crippen LogP contribution is -2.30. The van der Waals surface area contributed by atoms with E-state index in [0.29, 0.717) is 4.83 Å². The number of carbonyl (C=O) groups excluding carboxylic acids is 1. The quantitative estimate of drug-likeness (QED) is 0.842. The fourth-order valence-corrected chi connectivity index (χ4v) is 2.01. The van der Waals surface area contributed by atoms with Crippen LogP contribution < -0.4 is 5.32 Å². The maximum Gasteiger partial charge on any atom is 0.471 e. The minimum Gasteiger partial charge on any atom is -0.288 e. The molecule has 0 saturated carbocycles. The highest BCUT2D eigenvalue weighted by molar-refractivity contribution is 7.17. The van der Waals surface area contributed by atoms with Crippen molar-refractivity contribution in [3.63, 3.8) is 0 Å². The van der Waals surface area contributed by atoms with E-state index in [1.54, 1.807) is 11.5 Å². The molecule has 2 rings (SSSR count). The summed E-state index contributed by atoms with van der Waals surface area (Å²) in [4.78, 5) is 16.0. The zero-order valence-electron chi connectivity index (χ0n) is 8.00. The maximum absolute atomic E-state index is 12.0. The molecule has 8 heteroatoms. The Morgan fingerprint density at radius 3 is 2.88 bits per heavy atom. The number of hydrogen-bond acceptors (Lipinski definition) is 3. The largest absolute Gasteiger partial charge is 0.471 e. The van der Waals surface area contributed by atoms with Crippen LogP contribution in [0.3, 0.4) is 0 Å². The number of anilines is 1. The van der Waals surface area contributed by atoms with E-state index in [4.69, 9.17) is 0 Å². The molecule has 4 nitrogen and oxygen atoms in total. The second kappa shape index (κ2) is 3.48. The average molecular weight is 249 g/mol. The molecule has 0 aliphatic heterocycles. The van der Waals surface area contributed by atoms with Gasteiger partial charge >= 0.3 is 12.1 Å². The molecule has 0 aliphatic carbocycles. The average Bonchev–Trinajstić information content (AvgIpc) is 2.65. The van der Waals surface area contributed by atoms with Gasteiger partial charge in [0, 0.05) is 11.1 Å². The zero-order valence-corrected chi connectivity index (χ0v) is 8.82. The summed E-state index contributed by atoms with van der Waals surface area (Å²) in [5.74, 6) is -2.15. The van der Waals surface area contributed by atoms with E-state index in [9.17, 15) is 18.0 Å². The molecule has 0 radical (unpaired) electrons. The molecule has 2 aromatic heterocycles. The van der Waals surface area contributed by atoms with Gasteiger partial charge in [-0.25, -0.2) is 4.98 Å². The lowest BCUT2D eigenvalue weighted by molar-refractivity contribution is -0.167.